The topological polar surface area (TPSA) is 252 Å². The molecular weight excluding hydrogens is 1020 g/mol. The van der Waals surface area contributed by atoms with Crippen molar-refractivity contribution in [2.45, 2.75) is 96.7 Å². The highest BCUT2D eigenvalue weighted by Gasteiger charge is 2.29. The van der Waals surface area contributed by atoms with Gasteiger partial charge < -0.3 is 49.6 Å². The van der Waals surface area contributed by atoms with Crippen LogP contribution < -0.4 is 32.0 Å². The molecule has 3 N–H and O–H groups in total. The third-order valence-electron chi connectivity index (χ3n) is 13.4. The van der Waals surface area contributed by atoms with Gasteiger partial charge in [0.15, 0.2) is 0 Å². The minimum atomic E-state index is -3.54. The number of aromatic nitrogens is 6. The highest BCUT2D eigenvalue weighted by atomic mass is 32.2. The molecule has 0 bridgehead atoms. The molecule has 22 nitrogen and oxygen atoms in total. The molecule has 4 fully saturated rings. The van der Waals surface area contributed by atoms with Crippen LogP contribution in [0.15, 0.2) is 87.5 Å². The standard InChI is InChI=1S/C27H34N6O4.C15H23N3O2.C13H15N3O4S/c1-18-22-9-10-23(34)33(21-11-16-36-17-21)24(22)30-25(28-18)29-19-5-7-20(8-6-19)31-12-14-32(15-13-31)26(35)37-27(2,3)4;1-15(2,3)20-14(19)18-10-8-17(9-11-18)13-6-4-12(16)5-7-13;1-8-10-3-4-11(17)16(9-5-6-20-7-9)12(10)15-13(14-8)21(2,18)19/h5-10,21H,11-17H2,1-4H3,(H,28,29,30);4-7H,8-11,16H2,1-3H3;3-4,9H,5-7H2,1-2H3. The summed E-state index contributed by atoms with van der Waals surface area (Å²) in [7, 11) is -3.54. The fourth-order valence-corrected chi connectivity index (χ4v) is 10.00. The van der Waals surface area contributed by atoms with Gasteiger partial charge in [0.25, 0.3) is 11.1 Å². The molecule has 4 aromatic heterocycles. The predicted octanol–water partition coefficient (Wildman–Crippen LogP) is 6.65. The van der Waals surface area contributed by atoms with E-state index in [0.717, 1.165) is 72.7 Å². The fourth-order valence-electron chi connectivity index (χ4n) is 9.44. The lowest BCUT2D eigenvalue weighted by Gasteiger charge is -2.36. The van der Waals surface area contributed by atoms with Crippen LogP contribution in [-0.2, 0) is 28.8 Å². The van der Waals surface area contributed by atoms with Gasteiger partial charge in [-0.05, 0) is 129 Å². The number of carbonyl (C=O) groups excluding carboxylic acids is 2. The van der Waals surface area contributed by atoms with Crippen molar-refractivity contribution < 1.29 is 37.0 Å². The van der Waals surface area contributed by atoms with Crippen LogP contribution in [0.5, 0.6) is 0 Å². The van der Waals surface area contributed by atoms with Crippen LogP contribution in [0.25, 0.3) is 22.1 Å². The van der Waals surface area contributed by atoms with Gasteiger partial charge in [-0.1, -0.05) is 0 Å². The second-order valence-corrected chi connectivity index (χ2v) is 23.7. The van der Waals surface area contributed by atoms with Gasteiger partial charge in [-0.15, -0.1) is 0 Å². The Hall–Kier alpha value is -7.37. The summed E-state index contributed by atoms with van der Waals surface area (Å²) >= 11 is 0. The van der Waals surface area contributed by atoms with E-state index in [-0.39, 0.29) is 40.5 Å². The van der Waals surface area contributed by atoms with Crippen LogP contribution in [-0.4, -0.2) is 156 Å². The average Bonchev–Trinajstić information content (AvgIpc) is 4.14. The minimum absolute atomic E-state index is 0.0200. The first-order chi connectivity index (χ1) is 36.9. The minimum Gasteiger partial charge on any atom is -0.444 e. The maximum atomic E-state index is 12.7. The van der Waals surface area contributed by atoms with Crippen molar-refractivity contribution in [3.05, 3.63) is 105 Å². The summed E-state index contributed by atoms with van der Waals surface area (Å²) in [5, 5.41) is 4.57. The normalized spacial score (nSPS) is 18.0. The number of benzene rings is 2. The van der Waals surface area contributed by atoms with E-state index in [1.54, 1.807) is 39.5 Å². The van der Waals surface area contributed by atoms with Crippen molar-refractivity contribution in [1.29, 1.82) is 0 Å². The molecular formula is C55H72N12O10S. The van der Waals surface area contributed by atoms with Gasteiger partial charge in [0.2, 0.25) is 20.9 Å². The number of carbonyl (C=O) groups is 2. The molecule has 4 saturated heterocycles. The molecule has 2 aromatic carbocycles. The van der Waals surface area contributed by atoms with E-state index in [1.165, 1.54) is 10.6 Å². The molecule has 6 aromatic rings. The number of amides is 2. The third kappa shape index (κ3) is 14.2. The van der Waals surface area contributed by atoms with Crippen molar-refractivity contribution in [1.82, 2.24) is 38.9 Å². The van der Waals surface area contributed by atoms with Gasteiger partial charge in [-0.25, -0.2) is 28.0 Å². The average molecular weight is 1090 g/mol. The second-order valence-electron chi connectivity index (χ2n) is 21.8. The number of piperazine rings is 2. The largest absolute Gasteiger partial charge is 0.444 e. The molecule has 2 atom stereocenters. The zero-order valence-electron chi connectivity index (χ0n) is 46.0. The quantitative estimate of drug-likeness (QED) is 0.125. The van der Waals surface area contributed by atoms with Crippen LogP contribution in [0.2, 0.25) is 0 Å². The van der Waals surface area contributed by atoms with Gasteiger partial charge in [0.1, 0.15) is 22.5 Å². The molecule has 418 valence electrons. The molecule has 2 unspecified atom stereocenters. The van der Waals surface area contributed by atoms with E-state index in [2.05, 4.69) is 30.1 Å². The van der Waals surface area contributed by atoms with E-state index in [4.69, 9.17) is 29.7 Å². The van der Waals surface area contributed by atoms with Crippen molar-refractivity contribution in [3.63, 3.8) is 0 Å². The zero-order chi connectivity index (χ0) is 56.1. The van der Waals surface area contributed by atoms with Crippen molar-refractivity contribution in [2.75, 3.05) is 106 Å². The third-order valence-corrected chi connectivity index (χ3v) is 14.3. The van der Waals surface area contributed by atoms with Crippen LogP contribution in [0.1, 0.15) is 77.9 Å². The van der Waals surface area contributed by atoms with Gasteiger partial charge in [0.05, 0.1) is 36.7 Å². The first-order valence-electron chi connectivity index (χ1n) is 26.2. The Morgan fingerprint density at radius 2 is 1.03 bits per heavy atom. The Morgan fingerprint density at radius 1 is 0.603 bits per heavy atom. The number of nitrogen functional groups attached to an aromatic ring is 1. The summed E-state index contributed by atoms with van der Waals surface area (Å²) in [4.78, 5) is 74.7. The van der Waals surface area contributed by atoms with E-state index in [9.17, 15) is 27.6 Å². The number of hydrogen-bond donors (Lipinski definition) is 2. The Kier molecular flexibility index (Phi) is 17.3. The molecule has 0 spiro atoms. The molecule has 78 heavy (non-hydrogen) atoms. The number of ether oxygens (including phenoxy) is 4. The lowest BCUT2D eigenvalue weighted by Crippen LogP contribution is -2.50. The molecule has 4 aliphatic heterocycles. The highest BCUT2D eigenvalue weighted by molar-refractivity contribution is 7.90. The number of rotatable bonds is 7. The first kappa shape index (κ1) is 56.8. The monoisotopic (exact) mass is 1090 g/mol. The second kappa shape index (κ2) is 23.7. The number of pyridine rings is 2. The predicted molar refractivity (Wildman–Crippen MR) is 300 cm³/mol. The van der Waals surface area contributed by atoms with Crippen LogP contribution >= 0.6 is 0 Å². The number of nitrogens with one attached hydrogen (secondary N) is 1. The number of aryl methyl sites for hydroxylation is 2. The molecule has 10 rings (SSSR count). The lowest BCUT2D eigenvalue weighted by molar-refractivity contribution is 0.0230. The summed E-state index contributed by atoms with van der Waals surface area (Å²) < 4.78 is 48.4. The molecule has 23 heteroatoms. The summed E-state index contributed by atoms with van der Waals surface area (Å²) in [6.45, 7) is 22.8. The SMILES string of the molecule is CC(C)(C)OC(=O)N1CCN(c2ccc(N)cc2)CC1.Cc1nc(Nc2ccc(N3CCN(C(=O)OC(C)(C)C)CC3)cc2)nc2c1ccc(=O)n2C1CCOC1.Cc1nc(S(C)(=O)=O)nc2c1ccc(=O)n2C1CCOC1. The van der Waals surface area contributed by atoms with Crippen molar-refractivity contribution in [3.8, 4) is 0 Å². The Bertz CT molecular complexity index is 3330. The Balaban J connectivity index is 0.000000167. The fraction of sp³-hybridized carbons (Fsp3) is 0.491. The summed E-state index contributed by atoms with van der Waals surface area (Å²) in [5.41, 5.74) is 10.6. The van der Waals surface area contributed by atoms with Gasteiger partial charge in [0, 0.05) is 117 Å². The molecule has 4 aliphatic rings. The molecule has 0 saturated carbocycles. The summed E-state index contributed by atoms with van der Waals surface area (Å²) in [6.07, 6.45) is 2.06. The van der Waals surface area contributed by atoms with Crippen LogP contribution in [0, 0.1) is 13.8 Å². The molecule has 0 aliphatic carbocycles. The number of hydrogen-bond acceptors (Lipinski definition) is 18. The van der Waals surface area contributed by atoms with E-state index in [0.29, 0.717) is 87.4 Å². The molecule has 8 heterocycles. The van der Waals surface area contributed by atoms with Crippen molar-refractivity contribution >= 4 is 72.8 Å². The number of fused-ring (bicyclic) bond motifs is 2. The van der Waals surface area contributed by atoms with Crippen molar-refractivity contribution in [2.24, 2.45) is 0 Å². The smallest absolute Gasteiger partial charge is 0.410 e. The maximum absolute atomic E-state index is 12.7. The Morgan fingerprint density at radius 3 is 1.44 bits per heavy atom. The summed E-state index contributed by atoms with van der Waals surface area (Å²) in [5.74, 6) is 0.446. The Labute approximate surface area is 454 Å². The first-order valence-corrected chi connectivity index (χ1v) is 28.1. The van der Waals surface area contributed by atoms with E-state index < -0.39 is 21.0 Å². The molecule has 0 radical (unpaired) electrons. The number of nitrogens with two attached hydrogens (primary N) is 1. The van der Waals surface area contributed by atoms with Gasteiger partial charge >= 0.3 is 12.2 Å². The number of sulfone groups is 1. The zero-order valence-corrected chi connectivity index (χ0v) is 46.8. The lowest BCUT2D eigenvalue weighted by atomic mass is 10.2. The number of nitrogens with zero attached hydrogens (tertiary/aromatic N) is 10. The van der Waals surface area contributed by atoms with Gasteiger partial charge in [-0.3, -0.25) is 18.7 Å². The van der Waals surface area contributed by atoms with E-state index in [1.807, 2.05) is 97.0 Å². The van der Waals surface area contributed by atoms with Crippen LogP contribution in [0.3, 0.4) is 0 Å². The highest BCUT2D eigenvalue weighted by Crippen LogP contribution is 2.28. The van der Waals surface area contributed by atoms with E-state index >= 15 is 0 Å². The number of anilines is 5. The summed E-state index contributed by atoms with van der Waals surface area (Å²) in [6, 6.07) is 22.2. The molecule has 2 amide bonds. The maximum Gasteiger partial charge on any atom is 0.410 e. The van der Waals surface area contributed by atoms with Crippen LogP contribution in [0.4, 0.5) is 38.3 Å². The van der Waals surface area contributed by atoms with Gasteiger partial charge in [-0.2, -0.15) is 9.97 Å².